The number of rotatable bonds is 3. The van der Waals surface area contributed by atoms with E-state index in [4.69, 9.17) is 5.14 Å². The lowest BCUT2D eigenvalue weighted by Gasteiger charge is -2.15. The Morgan fingerprint density at radius 1 is 1.36 bits per heavy atom. The van der Waals surface area contributed by atoms with Crippen molar-refractivity contribution in [3.8, 4) is 0 Å². The Kier molecular flexibility index (Phi) is 3.96. The summed E-state index contributed by atoms with van der Waals surface area (Å²) >= 11 is 1.47. The Labute approximate surface area is 133 Å². The van der Waals surface area contributed by atoms with Crippen LogP contribution in [0.25, 0.3) is 10.1 Å². The smallest absolute Gasteiger partial charge is 0.263 e. The van der Waals surface area contributed by atoms with Crippen LogP contribution in [0.2, 0.25) is 0 Å². The molecule has 1 aromatic carbocycles. The topological polar surface area (TPSA) is 80.5 Å². The third-order valence-electron chi connectivity index (χ3n) is 4.14. The van der Waals surface area contributed by atoms with Crippen LogP contribution in [0, 0.1) is 11.8 Å². The monoisotopic (exact) mass is 338 g/mol. The molecule has 0 radical (unpaired) electrons. The molecule has 7 heteroatoms. The van der Waals surface area contributed by atoms with E-state index >= 15 is 0 Å². The molecule has 0 aliphatic carbocycles. The van der Waals surface area contributed by atoms with E-state index in [2.05, 4.69) is 0 Å². The normalized spacial score (nSPS) is 22.4. The number of primary sulfonamides is 1. The molecule has 0 unspecified atom stereocenters. The molecule has 2 aromatic rings. The first-order valence-electron chi connectivity index (χ1n) is 7.12. The summed E-state index contributed by atoms with van der Waals surface area (Å²) in [6.45, 7) is 2.99. The van der Waals surface area contributed by atoms with Crippen molar-refractivity contribution >= 4 is 37.4 Å². The Morgan fingerprint density at radius 2 is 2.09 bits per heavy atom. The van der Waals surface area contributed by atoms with Gasteiger partial charge in [-0.2, -0.15) is 0 Å². The Balaban J connectivity index is 1.78. The summed E-state index contributed by atoms with van der Waals surface area (Å²) in [6.07, 6.45) is 0. The predicted octanol–water partition coefficient (Wildman–Crippen LogP) is 1.90. The van der Waals surface area contributed by atoms with E-state index in [1.807, 2.05) is 37.3 Å². The molecular weight excluding hydrogens is 320 g/mol. The second-order valence-electron chi connectivity index (χ2n) is 5.93. The van der Waals surface area contributed by atoms with E-state index in [0.717, 1.165) is 10.1 Å². The zero-order valence-electron chi connectivity index (χ0n) is 12.2. The highest BCUT2D eigenvalue weighted by Gasteiger charge is 2.35. The predicted molar refractivity (Wildman–Crippen MR) is 88.4 cm³/mol. The molecular formula is C15H18N2O3S2. The molecule has 0 bridgehead atoms. The van der Waals surface area contributed by atoms with Crippen molar-refractivity contribution in [3.05, 3.63) is 35.2 Å². The SMILES string of the molecule is C[C@@H]1CN(C(=O)c2cc3ccccc3s2)C[C@H]1CS(N)(=O)=O. The van der Waals surface area contributed by atoms with E-state index in [0.29, 0.717) is 18.0 Å². The molecule has 2 N–H and O–H groups in total. The zero-order chi connectivity index (χ0) is 15.9. The van der Waals surface area contributed by atoms with Gasteiger partial charge in [0.15, 0.2) is 0 Å². The minimum Gasteiger partial charge on any atom is -0.337 e. The van der Waals surface area contributed by atoms with Gasteiger partial charge in [0, 0.05) is 17.8 Å². The number of carbonyl (C=O) groups is 1. The van der Waals surface area contributed by atoms with E-state index in [-0.39, 0.29) is 23.5 Å². The van der Waals surface area contributed by atoms with Crippen LogP contribution in [0.4, 0.5) is 0 Å². The molecule has 3 rings (SSSR count). The van der Waals surface area contributed by atoms with Crippen LogP contribution in [0.1, 0.15) is 16.6 Å². The Morgan fingerprint density at radius 3 is 2.77 bits per heavy atom. The first kappa shape index (κ1) is 15.5. The number of thiophene rings is 1. The largest absolute Gasteiger partial charge is 0.337 e. The van der Waals surface area contributed by atoms with Crippen molar-refractivity contribution in [1.29, 1.82) is 0 Å². The van der Waals surface area contributed by atoms with E-state index in [1.165, 1.54) is 11.3 Å². The molecule has 2 atom stereocenters. The van der Waals surface area contributed by atoms with Crippen LogP contribution in [-0.2, 0) is 10.0 Å². The number of hydrogen-bond acceptors (Lipinski definition) is 4. The van der Waals surface area contributed by atoms with Crippen molar-refractivity contribution in [3.63, 3.8) is 0 Å². The zero-order valence-corrected chi connectivity index (χ0v) is 13.9. The van der Waals surface area contributed by atoms with Crippen LogP contribution >= 0.6 is 11.3 Å². The highest BCUT2D eigenvalue weighted by atomic mass is 32.2. The van der Waals surface area contributed by atoms with Gasteiger partial charge in [0.05, 0.1) is 10.6 Å². The van der Waals surface area contributed by atoms with Crippen LogP contribution < -0.4 is 5.14 Å². The second-order valence-corrected chi connectivity index (χ2v) is 8.67. The lowest BCUT2D eigenvalue weighted by atomic mass is 10.0. The number of fused-ring (bicyclic) bond motifs is 1. The van der Waals surface area contributed by atoms with Gasteiger partial charge in [0.1, 0.15) is 0 Å². The van der Waals surface area contributed by atoms with Crippen LogP contribution in [0.15, 0.2) is 30.3 Å². The molecule has 0 saturated carbocycles. The maximum absolute atomic E-state index is 12.6. The lowest BCUT2D eigenvalue weighted by molar-refractivity contribution is 0.0790. The van der Waals surface area contributed by atoms with Crippen molar-refractivity contribution in [1.82, 2.24) is 4.90 Å². The number of amides is 1. The number of likely N-dealkylation sites (tertiary alicyclic amines) is 1. The average Bonchev–Trinajstić information content (AvgIpc) is 3.00. The van der Waals surface area contributed by atoms with E-state index in [9.17, 15) is 13.2 Å². The second kappa shape index (κ2) is 5.64. The molecule has 1 aliphatic rings. The summed E-state index contributed by atoms with van der Waals surface area (Å²) in [5.41, 5.74) is 0. The van der Waals surface area contributed by atoms with Crippen molar-refractivity contribution in [2.75, 3.05) is 18.8 Å². The molecule has 1 aromatic heterocycles. The van der Waals surface area contributed by atoms with Gasteiger partial charge in [-0.15, -0.1) is 11.3 Å². The summed E-state index contributed by atoms with van der Waals surface area (Å²) in [6, 6.07) is 9.78. The summed E-state index contributed by atoms with van der Waals surface area (Å²) < 4.78 is 23.6. The molecule has 0 spiro atoms. The van der Waals surface area contributed by atoms with Gasteiger partial charge < -0.3 is 4.90 Å². The maximum Gasteiger partial charge on any atom is 0.263 e. The van der Waals surface area contributed by atoms with Gasteiger partial charge in [0.2, 0.25) is 10.0 Å². The number of sulfonamides is 1. The quantitative estimate of drug-likeness (QED) is 0.928. The molecule has 1 fully saturated rings. The summed E-state index contributed by atoms with van der Waals surface area (Å²) in [5, 5.41) is 6.19. The molecule has 1 saturated heterocycles. The van der Waals surface area contributed by atoms with E-state index in [1.54, 1.807) is 4.90 Å². The van der Waals surface area contributed by atoms with Gasteiger partial charge in [0.25, 0.3) is 5.91 Å². The molecule has 1 amide bonds. The standard InChI is InChI=1S/C15H18N2O3S2/c1-10-7-17(8-12(10)9-22(16,19)20)15(18)14-6-11-4-2-3-5-13(11)21-14/h2-6,10,12H,7-9H2,1H3,(H2,16,19,20)/t10-,12+/m1/s1. The molecule has 22 heavy (non-hydrogen) atoms. The number of benzene rings is 1. The minimum absolute atomic E-state index is 0.0232. The lowest BCUT2D eigenvalue weighted by Crippen LogP contribution is -2.30. The van der Waals surface area contributed by atoms with Crippen LogP contribution in [-0.4, -0.2) is 38.1 Å². The minimum atomic E-state index is -3.51. The van der Waals surface area contributed by atoms with Crippen LogP contribution in [0.3, 0.4) is 0 Å². The van der Waals surface area contributed by atoms with Gasteiger partial charge >= 0.3 is 0 Å². The fourth-order valence-electron chi connectivity index (χ4n) is 2.96. The summed E-state index contributed by atoms with van der Waals surface area (Å²) in [7, 11) is -3.51. The molecule has 5 nitrogen and oxygen atoms in total. The Hall–Kier alpha value is -1.44. The van der Waals surface area contributed by atoms with Gasteiger partial charge in [-0.1, -0.05) is 25.1 Å². The number of nitrogens with two attached hydrogens (primary N) is 1. The van der Waals surface area contributed by atoms with Crippen molar-refractivity contribution < 1.29 is 13.2 Å². The average molecular weight is 338 g/mol. The molecule has 2 heterocycles. The van der Waals surface area contributed by atoms with Crippen molar-refractivity contribution in [2.24, 2.45) is 17.0 Å². The van der Waals surface area contributed by atoms with E-state index < -0.39 is 10.0 Å². The third-order valence-corrected chi connectivity index (χ3v) is 6.13. The van der Waals surface area contributed by atoms with Crippen molar-refractivity contribution in [2.45, 2.75) is 6.92 Å². The summed E-state index contributed by atoms with van der Waals surface area (Å²) in [5.74, 6) is -0.0420. The first-order chi connectivity index (χ1) is 10.3. The fraction of sp³-hybridized carbons (Fsp3) is 0.400. The van der Waals surface area contributed by atoms with Gasteiger partial charge in [-0.05, 0) is 29.4 Å². The maximum atomic E-state index is 12.6. The number of carbonyl (C=O) groups excluding carboxylic acids is 1. The first-order valence-corrected chi connectivity index (χ1v) is 9.65. The highest BCUT2D eigenvalue weighted by molar-refractivity contribution is 7.89. The third kappa shape index (κ3) is 3.16. The summed E-state index contributed by atoms with van der Waals surface area (Å²) in [4.78, 5) is 15.1. The molecule has 118 valence electrons. The van der Waals surface area contributed by atoms with Gasteiger partial charge in [-0.3, -0.25) is 4.79 Å². The van der Waals surface area contributed by atoms with Crippen LogP contribution in [0.5, 0.6) is 0 Å². The number of hydrogen-bond donors (Lipinski definition) is 1. The number of nitrogens with zero attached hydrogens (tertiary/aromatic N) is 1. The molecule has 1 aliphatic heterocycles. The fourth-order valence-corrected chi connectivity index (χ4v) is 5.02. The Bertz CT molecular complexity index is 780. The van der Waals surface area contributed by atoms with Gasteiger partial charge in [-0.25, -0.2) is 13.6 Å². The highest BCUT2D eigenvalue weighted by Crippen LogP contribution is 2.30.